The minimum atomic E-state index is -0.935. The van der Waals surface area contributed by atoms with Crippen LogP contribution >= 0.6 is 0 Å². The highest BCUT2D eigenvalue weighted by molar-refractivity contribution is 5.72. The van der Waals surface area contributed by atoms with Crippen molar-refractivity contribution >= 4 is 11.7 Å². The van der Waals surface area contributed by atoms with E-state index in [0.717, 1.165) is 11.3 Å². The Morgan fingerprint density at radius 2 is 2.07 bits per heavy atom. The second kappa shape index (κ2) is 5.36. The fourth-order valence-corrected chi connectivity index (χ4v) is 1.29. The molecule has 1 aromatic rings. The molecule has 1 unspecified atom stereocenters. The number of carbonyl (C=O) groups is 1. The average Bonchev–Trinajstić information content (AvgIpc) is 2.26. The van der Waals surface area contributed by atoms with E-state index < -0.39 is 12.1 Å². The zero-order valence-electron chi connectivity index (χ0n) is 8.86. The molecule has 0 aliphatic heterocycles. The molecule has 15 heavy (non-hydrogen) atoms. The van der Waals surface area contributed by atoms with E-state index in [0.29, 0.717) is 6.42 Å². The molecule has 2 N–H and O–H groups in total. The minimum Gasteiger partial charge on any atom is -0.479 e. The third-order valence-corrected chi connectivity index (χ3v) is 2.22. The first-order valence-corrected chi connectivity index (χ1v) is 4.69. The van der Waals surface area contributed by atoms with Crippen LogP contribution < -0.4 is 5.32 Å². The number of carboxylic acid groups (broad SMARTS) is 1. The molecular weight excluding hydrogens is 194 g/mol. The maximum absolute atomic E-state index is 10.7. The molecule has 1 aromatic carbocycles. The Hall–Kier alpha value is -1.55. The summed E-state index contributed by atoms with van der Waals surface area (Å²) in [5, 5.41) is 11.8. The van der Waals surface area contributed by atoms with Gasteiger partial charge in [0.2, 0.25) is 0 Å². The standard InChI is InChI=1S/C11H15NO3/c1-12-9-5-3-8(4-6-9)7-10(15-2)11(13)14/h3-6,10,12H,7H2,1-2H3,(H,13,14). The summed E-state index contributed by atoms with van der Waals surface area (Å²) in [6.45, 7) is 0. The van der Waals surface area contributed by atoms with Crippen LogP contribution in [-0.2, 0) is 16.0 Å². The van der Waals surface area contributed by atoms with E-state index in [-0.39, 0.29) is 0 Å². The topological polar surface area (TPSA) is 58.6 Å². The van der Waals surface area contributed by atoms with Crippen molar-refractivity contribution in [2.24, 2.45) is 0 Å². The molecule has 1 rings (SSSR count). The molecule has 4 heteroatoms. The predicted molar refractivity (Wildman–Crippen MR) is 58.1 cm³/mol. The lowest BCUT2D eigenvalue weighted by molar-refractivity contribution is -0.148. The van der Waals surface area contributed by atoms with E-state index in [1.165, 1.54) is 7.11 Å². The highest BCUT2D eigenvalue weighted by Crippen LogP contribution is 2.11. The van der Waals surface area contributed by atoms with Crippen molar-refractivity contribution in [3.8, 4) is 0 Å². The summed E-state index contributed by atoms with van der Waals surface area (Å²) in [5.41, 5.74) is 1.95. The number of ether oxygens (including phenoxy) is 1. The van der Waals surface area contributed by atoms with Crippen molar-refractivity contribution in [3.05, 3.63) is 29.8 Å². The van der Waals surface area contributed by atoms with Gasteiger partial charge in [-0.1, -0.05) is 12.1 Å². The molecular formula is C11H15NO3. The summed E-state index contributed by atoms with van der Waals surface area (Å²) in [4.78, 5) is 10.7. The van der Waals surface area contributed by atoms with Crippen LogP contribution in [0.4, 0.5) is 5.69 Å². The molecule has 1 atom stereocenters. The van der Waals surface area contributed by atoms with E-state index in [1.54, 1.807) is 0 Å². The fourth-order valence-electron chi connectivity index (χ4n) is 1.29. The Kier molecular flexibility index (Phi) is 4.12. The van der Waals surface area contributed by atoms with Crippen LogP contribution in [0.15, 0.2) is 24.3 Å². The summed E-state index contributed by atoms with van der Waals surface area (Å²) < 4.78 is 4.86. The first kappa shape index (κ1) is 11.5. The Morgan fingerprint density at radius 1 is 1.47 bits per heavy atom. The largest absolute Gasteiger partial charge is 0.479 e. The number of anilines is 1. The van der Waals surface area contributed by atoms with Gasteiger partial charge in [-0.15, -0.1) is 0 Å². The number of hydrogen-bond acceptors (Lipinski definition) is 3. The lowest BCUT2D eigenvalue weighted by Crippen LogP contribution is -2.24. The van der Waals surface area contributed by atoms with Gasteiger partial charge in [0.1, 0.15) is 0 Å². The van der Waals surface area contributed by atoms with Crippen molar-refractivity contribution in [3.63, 3.8) is 0 Å². The third-order valence-electron chi connectivity index (χ3n) is 2.22. The summed E-state index contributed by atoms with van der Waals surface area (Å²) in [7, 11) is 3.24. The molecule has 0 radical (unpaired) electrons. The zero-order chi connectivity index (χ0) is 11.3. The first-order valence-electron chi connectivity index (χ1n) is 4.69. The average molecular weight is 209 g/mol. The molecule has 0 bridgehead atoms. The summed E-state index contributed by atoms with van der Waals surface area (Å²) in [6, 6.07) is 7.59. The Labute approximate surface area is 88.9 Å². The predicted octanol–water partition coefficient (Wildman–Crippen LogP) is 1.37. The molecule has 0 saturated heterocycles. The van der Waals surface area contributed by atoms with Gasteiger partial charge in [0.05, 0.1) is 0 Å². The molecule has 0 aromatic heterocycles. The smallest absolute Gasteiger partial charge is 0.333 e. The second-order valence-electron chi connectivity index (χ2n) is 3.21. The number of benzene rings is 1. The van der Waals surface area contributed by atoms with Gasteiger partial charge in [0, 0.05) is 26.3 Å². The van der Waals surface area contributed by atoms with Gasteiger partial charge in [-0.2, -0.15) is 0 Å². The Morgan fingerprint density at radius 3 is 2.47 bits per heavy atom. The number of methoxy groups -OCH3 is 1. The number of aliphatic carboxylic acids is 1. The zero-order valence-corrected chi connectivity index (χ0v) is 8.86. The van der Waals surface area contributed by atoms with Crippen LogP contribution in [0.1, 0.15) is 5.56 Å². The quantitative estimate of drug-likeness (QED) is 0.769. The van der Waals surface area contributed by atoms with Crippen LogP contribution in [0.5, 0.6) is 0 Å². The summed E-state index contributed by atoms with van der Waals surface area (Å²) in [5.74, 6) is -0.935. The highest BCUT2D eigenvalue weighted by atomic mass is 16.5. The molecule has 0 heterocycles. The molecule has 0 spiro atoms. The van der Waals surface area contributed by atoms with Crippen molar-refractivity contribution in [1.29, 1.82) is 0 Å². The van der Waals surface area contributed by atoms with Crippen molar-refractivity contribution in [1.82, 2.24) is 0 Å². The van der Waals surface area contributed by atoms with Crippen LogP contribution in [-0.4, -0.2) is 31.3 Å². The normalized spacial score (nSPS) is 12.1. The Bertz CT molecular complexity index is 321. The van der Waals surface area contributed by atoms with Crippen LogP contribution in [0.3, 0.4) is 0 Å². The van der Waals surface area contributed by atoms with Gasteiger partial charge in [-0.25, -0.2) is 4.79 Å². The maximum atomic E-state index is 10.7. The molecule has 0 amide bonds. The van der Waals surface area contributed by atoms with Crippen LogP contribution in [0, 0.1) is 0 Å². The van der Waals surface area contributed by atoms with Crippen molar-refractivity contribution < 1.29 is 14.6 Å². The van der Waals surface area contributed by atoms with E-state index in [9.17, 15) is 4.79 Å². The Balaban J connectivity index is 2.67. The summed E-state index contributed by atoms with van der Waals surface area (Å²) >= 11 is 0. The van der Waals surface area contributed by atoms with Gasteiger partial charge in [-0.05, 0) is 17.7 Å². The van der Waals surface area contributed by atoms with E-state index in [4.69, 9.17) is 9.84 Å². The van der Waals surface area contributed by atoms with Gasteiger partial charge in [-0.3, -0.25) is 0 Å². The van der Waals surface area contributed by atoms with Crippen molar-refractivity contribution in [2.45, 2.75) is 12.5 Å². The monoisotopic (exact) mass is 209 g/mol. The minimum absolute atomic E-state index is 0.385. The summed E-state index contributed by atoms with van der Waals surface area (Å²) in [6.07, 6.45) is -0.388. The fraction of sp³-hybridized carbons (Fsp3) is 0.364. The van der Waals surface area contributed by atoms with Crippen LogP contribution in [0.25, 0.3) is 0 Å². The van der Waals surface area contributed by atoms with E-state index in [2.05, 4.69) is 5.32 Å². The molecule has 0 aliphatic carbocycles. The lowest BCUT2D eigenvalue weighted by atomic mass is 10.1. The van der Waals surface area contributed by atoms with Gasteiger partial charge >= 0.3 is 5.97 Å². The molecule has 0 saturated carbocycles. The van der Waals surface area contributed by atoms with Gasteiger partial charge in [0.15, 0.2) is 6.10 Å². The van der Waals surface area contributed by atoms with Crippen molar-refractivity contribution in [2.75, 3.05) is 19.5 Å². The number of hydrogen-bond donors (Lipinski definition) is 2. The number of nitrogens with one attached hydrogen (secondary N) is 1. The SMILES string of the molecule is CNc1ccc(CC(OC)C(=O)O)cc1. The molecule has 0 fully saturated rings. The van der Waals surface area contributed by atoms with Gasteiger partial charge in [0.25, 0.3) is 0 Å². The van der Waals surface area contributed by atoms with E-state index >= 15 is 0 Å². The second-order valence-corrected chi connectivity index (χ2v) is 3.21. The van der Waals surface area contributed by atoms with E-state index in [1.807, 2.05) is 31.3 Å². The molecule has 0 aliphatic rings. The lowest BCUT2D eigenvalue weighted by Gasteiger charge is -2.10. The highest BCUT2D eigenvalue weighted by Gasteiger charge is 2.16. The molecule has 82 valence electrons. The van der Waals surface area contributed by atoms with Gasteiger partial charge < -0.3 is 15.2 Å². The maximum Gasteiger partial charge on any atom is 0.333 e. The number of rotatable bonds is 5. The van der Waals surface area contributed by atoms with Crippen LogP contribution in [0.2, 0.25) is 0 Å². The first-order chi connectivity index (χ1) is 7.17. The molecule has 4 nitrogen and oxygen atoms in total. The third kappa shape index (κ3) is 3.25. The number of carboxylic acids is 1.